The number of hydrogen-bond donors (Lipinski definition) is 0. The number of epoxide rings is 1. The Hall–Kier alpha value is 0.500. The Labute approximate surface area is 80.3 Å². The van der Waals surface area contributed by atoms with Crippen molar-refractivity contribution in [2.45, 2.75) is 31.5 Å². The summed E-state index contributed by atoms with van der Waals surface area (Å²) in [4.78, 5) is 0. The summed E-state index contributed by atoms with van der Waals surface area (Å²) in [6.07, 6.45) is 5.31. The Bertz CT molecular complexity index is 281. The Morgan fingerprint density at radius 3 is 3.00 bits per heavy atom. The van der Waals surface area contributed by atoms with Gasteiger partial charge in [-0.1, -0.05) is 0 Å². The van der Waals surface area contributed by atoms with E-state index in [2.05, 4.69) is 11.2 Å². The molecular formula is C7H11O2PS2. The van der Waals surface area contributed by atoms with Crippen LogP contribution < -0.4 is 0 Å². The second-order valence-electron chi connectivity index (χ2n) is 3.48. The first kappa shape index (κ1) is 9.07. The maximum atomic E-state index is 11.2. The second kappa shape index (κ2) is 3.70. The van der Waals surface area contributed by atoms with Gasteiger partial charge in [-0.3, -0.25) is 4.57 Å². The van der Waals surface area contributed by atoms with Crippen LogP contribution in [-0.4, -0.2) is 18.4 Å². The molecule has 1 aliphatic carbocycles. The van der Waals surface area contributed by atoms with Crippen molar-refractivity contribution in [1.82, 2.24) is 0 Å². The third-order valence-corrected chi connectivity index (χ3v) is 6.03. The molecule has 68 valence electrons. The van der Waals surface area contributed by atoms with Gasteiger partial charge in [-0.2, -0.15) is 0 Å². The van der Waals surface area contributed by atoms with Crippen molar-refractivity contribution in [3.05, 3.63) is 0 Å². The highest BCUT2D eigenvalue weighted by atomic mass is 32.9. The lowest BCUT2D eigenvalue weighted by Gasteiger charge is -2.15. The van der Waals surface area contributed by atoms with Crippen molar-refractivity contribution >= 4 is 27.3 Å². The van der Waals surface area contributed by atoms with Crippen LogP contribution in [0.4, 0.5) is 0 Å². The summed E-state index contributed by atoms with van der Waals surface area (Å²) < 4.78 is 16.6. The van der Waals surface area contributed by atoms with E-state index in [0.717, 1.165) is 22.1 Å². The monoisotopic (exact) mass is 222 g/mol. The van der Waals surface area contributed by atoms with E-state index in [0.29, 0.717) is 18.1 Å². The van der Waals surface area contributed by atoms with Gasteiger partial charge in [0.05, 0.1) is 12.2 Å². The molecule has 2 fully saturated rings. The summed E-state index contributed by atoms with van der Waals surface area (Å²) in [7, 11) is 1.09. The van der Waals surface area contributed by atoms with Crippen LogP contribution in [0.25, 0.3) is 0 Å². The molecule has 0 N–H and O–H groups in total. The van der Waals surface area contributed by atoms with E-state index in [1.807, 2.05) is 0 Å². The Kier molecular flexibility index (Phi) is 2.80. The second-order valence-corrected chi connectivity index (χ2v) is 7.67. The van der Waals surface area contributed by atoms with Crippen molar-refractivity contribution in [2.75, 3.05) is 6.16 Å². The molecule has 1 heterocycles. The molecule has 12 heavy (non-hydrogen) atoms. The predicted octanol–water partition coefficient (Wildman–Crippen LogP) is 1.84. The molecule has 0 aromatic rings. The average molecular weight is 222 g/mol. The van der Waals surface area contributed by atoms with Crippen LogP contribution in [0.2, 0.25) is 0 Å². The lowest BCUT2D eigenvalue weighted by Crippen LogP contribution is -2.14. The normalized spacial score (nSPS) is 40.0. The van der Waals surface area contributed by atoms with Crippen LogP contribution in [0.15, 0.2) is 0 Å². The van der Waals surface area contributed by atoms with Gasteiger partial charge in [0.2, 0.25) is 0 Å². The van der Waals surface area contributed by atoms with Crippen molar-refractivity contribution < 1.29 is 9.30 Å². The molecule has 0 spiro atoms. The molecule has 1 aliphatic heterocycles. The zero-order valence-corrected chi connectivity index (χ0v) is 9.17. The minimum absolute atomic E-state index is 0.502. The van der Waals surface area contributed by atoms with Gasteiger partial charge in [-0.15, -0.1) is 0 Å². The van der Waals surface area contributed by atoms with E-state index in [1.54, 1.807) is 0 Å². The minimum atomic E-state index is -1.18. The largest absolute Gasteiger partial charge is 0.370 e. The van der Waals surface area contributed by atoms with E-state index in [4.69, 9.17) is 4.74 Å². The average Bonchev–Trinajstić information content (AvgIpc) is 2.82. The first-order valence-electron chi connectivity index (χ1n) is 4.19. The molecule has 1 saturated heterocycles. The highest BCUT2D eigenvalue weighted by Crippen LogP contribution is 2.40. The molecule has 1 saturated carbocycles. The molecule has 0 amide bonds. The van der Waals surface area contributed by atoms with Gasteiger partial charge in [-0.25, -0.2) is 0 Å². The summed E-state index contributed by atoms with van der Waals surface area (Å²) in [6.45, 7) is -1.18. The van der Waals surface area contributed by atoms with Gasteiger partial charge in [0.1, 0.15) is 0 Å². The third-order valence-electron chi connectivity index (χ3n) is 2.60. The van der Waals surface area contributed by atoms with E-state index in [-0.39, 0.29) is 0 Å². The van der Waals surface area contributed by atoms with Crippen LogP contribution in [0.5, 0.6) is 0 Å². The molecule has 4 atom stereocenters. The molecule has 0 aromatic heterocycles. The lowest BCUT2D eigenvalue weighted by atomic mass is 9.91. The van der Waals surface area contributed by atoms with E-state index in [9.17, 15) is 4.57 Å². The standard InChI is InChI=1S/C7H11O2PS2/c8-10(12-11)4-5-1-2-6-7(3-5)9-6/h5-7H,1-4H2. The van der Waals surface area contributed by atoms with E-state index >= 15 is 0 Å². The lowest BCUT2D eigenvalue weighted by molar-refractivity contribution is 0.367. The maximum absolute atomic E-state index is 11.2. The third kappa shape index (κ3) is 2.05. The topological polar surface area (TPSA) is 29.6 Å². The number of hydrogen-bond acceptors (Lipinski definition) is 3. The summed E-state index contributed by atoms with van der Waals surface area (Å²) in [5.74, 6) is 0.604. The molecule has 4 unspecified atom stereocenters. The van der Waals surface area contributed by atoms with Gasteiger partial charge in [0.15, 0.2) is 6.58 Å². The Morgan fingerprint density at radius 2 is 2.33 bits per heavy atom. The highest BCUT2D eigenvalue weighted by molar-refractivity contribution is 8.32. The van der Waals surface area contributed by atoms with E-state index in [1.165, 1.54) is 12.8 Å². The van der Waals surface area contributed by atoms with Crippen molar-refractivity contribution in [1.29, 1.82) is 0 Å². The van der Waals surface area contributed by atoms with Crippen LogP contribution in [0.3, 0.4) is 0 Å². The number of ether oxygens (including phenoxy) is 1. The molecule has 0 aromatic carbocycles. The summed E-state index contributed by atoms with van der Waals surface area (Å²) in [6, 6.07) is 0. The quantitative estimate of drug-likeness (QED) is 0.527. The molecule has 0 radical (unpaired) electrons. The van der Waals surface area contributed by atoms with Crippen LogP contribution in [0.1, 0.15) is 19.3 Å². The first-order chi connectivity index (χ1) is 5.79. The van der Waals surface area contributed by atoms with Crippen LogP contribution in [0, 0.1) is 5.92 Å². The number of rotatable bonds is 2. The Morgan fingerprint density at radius 1 is 1.50 bits per heavy atom. The van der Waals surface area contributed by atoms with Crippen molar-refractivity contribution in [3.63, 3.8) is 0 Å². The van der Waals surface area contributed by atoms with Gasteiger partial charge in [0.25, 0.3) is 0 Å². The fourth-order valence-corrected chi connectivity index (χ4v) is 4.07. The predicted molar refractivity (Wildman–Crippen MR) is 53.2 cm³/mol. The molecular weight excluding hydrogens is 211 g/mol. The number of fused-ring (bicyclic) bond motifs is 1. The van der Waals surface area contributed by atoms with Gasteiger partial charge >= 0.3 is 0 Å². The summed E-state index contributed by atoms with van der Waals surface area (Å²) in [5.41, 5.74) is 0. The first-order valence-corrected chi connectivity index (χ1v) is 7.99. The fraction of sp³-hybridized carbons (Fsp3) is 1.00. The van der Waals surface area contributed by atoms with Crippen molar-refractivity contribution in [2.24, 2.45) is 5.92 Å². The fourth-order valence-electron chi connectivity index (χ4n) is 1.89. The summed E-state index contributed by atoms with van der Waals surface area (Å²) in [5, 5.41) is 0. The molecule has 2 nitrogen and oxygen atoms in total. The summed E-state index contributed by atoms with van der Waals surface area (Å²) >= 11 is 4.68. The van der Waals surface area contributed by atoms with Gasteiger partial charge < -0.3 is 4.74 Å². The maximum Gasteiger partial charge on any atom is 0.165 e. The van der Waals surface area contributed by atoms with Crippen molar-refractivity contribution in [3.8, 4) is 0 Å². The minimum Gasteiger partial charge on any atom is -0.370 e. The molecule has 2 rings (SSSR count). The van der Waals surface area contributed by atoms with E-state index < -0.39 is 6.58 Å². The van der Waals surface area contributed by atoms with Gasteiger partial charge in [-0.05, 0) is 45.9 Å². The highest BCUT2D eigenvalue weighted by Gasteiger charge is 2.43. The smallest absolute Gasteiger partial charge is 0.165 e. The molecule has 5 heteroatoms. The molecule has 2 aliphatic rings. The van der Waals surface area contributed by atoms with Crippen LogP contribution >= 0.6 is 6.58 Å². The Balaban J connectivity index is 1.88. The molecule has 0 bridgehead atoms. The zero-order chi connectivity index (χ0) is 8.55. The van der Waals surface area contributed by atoms with Crippen LogP contribution in [-0.2, 0) is 30.0 Å². The zero-order valence-electron chi connectivity index (χ0n) is 6.64. The SMILES string of the molecule is O=P(CC1CCC2OC2C1)=S=S. The van der Waals surface area contributed by atoms with Gasteiger partial charge in [0, 0.05) is 6.16 Å².